The monoisotopic (exact) mass is 211 g/mol. The molecule has 0 aromatic rings. The van der Waals surface area contributed by atoms with E-state index in [0.29, 0.717) is 0 Å². The molecule has 2 rings (SSSR count). The Morgan fingerprint density at radius 3 is 2.20 bits per heavy atom. The van der Waals surface area contributed by atoms with Gasteiger partial charge in [-0.2, -0.15) is 0 Å². The normalized spacial score (nSPS) is 25.8. The second kappa shape index (κ2) is 5.28. The molecule has 2 N–H and O–H groups in total. The highest BCUT2D eigenvalue weighted by Crippen LogP contribution is 2.28. The summed E-state index contributed by atoms with van der Waals surface area (Å²) >= 11 is 0. The summed E-state index contributed by atoms with van der Waals surface area (Å²) in [5.41, 5.74) is 5.58. The molecule has 1 heterocycles. The summed E-state index contributed by atoms with van der Waals surface area (Å²) in [5.74, 6) is 0. The van der Waals surface area contributed by atoms with Crippen molar-refractivity contribution in [1.29, 1.82) is 0 Å². The van der Waals surface area contributed by atoms with Crippen LogP contribution in [-0.2, 0) is 0 Å². The van der Waals surface area contributed by atoms with Crippen molar-refractivity contribution in [1.82, 2.24) is 9.80 Å². The van der Waals surface area contributed by atoms with Crippen LogP contribution in [0.2, 0.25) is 0 Å². The van der Waals surface area contributed by atoms with Crippen LogP contribution in [0, 0.1) is 0 Å². The average molecular weight is 211 g/mol. The zero-order valence-electron chi connectivity index (χ0n) is 9.99. The smallest absolute Gasteiger partial charge is 0.0119 e. The molecule has 0 atom stereocenters. The molecular weight excluding hydrogens is 186 g/mol. The summed E-state index contributed by atoms with van der Waals surface area (Å²) in [6, 6.07) is 1.74. The largest absolute Gasteiger partial charge is 0.329 e. The third-order valence-corrected chi connectivity index (χ3v) is 4.23. The molecule has 0 radical (unpaired) electrons. The van der Waals surface area contributed by atoms with Crippen LogP contribution in [-0.4, -0.2) is 55.1 Å². The fourth-order valence-electron chi connectivity index (χ4n) is 2.82. The van der Waals surface area contributed by atoms with Crippen LogP contribution in [0.25, 0.3) is 0 Å². The maximum absolute atomic E-state index is 5.58. The summed E-state index contributed by atoms with van der Waals surface area (Å²) in [6.45, 7) is 4.39. The second-order valence-electron chi connectivity index (χ2n) is 5.11. The summed E-state index contributed by atoms with van der Waals surface area (Å²) in [5, 5.41) is 0. The van der Waals surface area contributed by atoms with Crippen molar-refractivity contribution in [2.75, 3.05) is 33.2 Å². The number of nitrogens with two attached hydrogens (primary N) is 1. The third-order valence-electron chi connectivity index (χ3n) is 4.23. The van der Waals surface area contributed by atoms with Gasteiger partial charge in [0.25, 0.3) is 0 Å². The van der Waals surface area contributed by atoms with Gasteiger partial charge in [0.2, 0.25) is 0 Å². The lowest BCUT2D eigenvalue weighted by molar-refractivity contribution is 0.0644. The van der Waals surface area contributed by atoms with Gasteiger partial charge in [-0.1, -0.05) is 6.42 Å². The first-order chi connectivity index (χ1) is 7.31. The fraction of sp³-hybridized carbons (Fsp3) is 1.00. The van der Waals surface area contributed by atoms with E-state index in [1.165, 1.54) is 45.2 Å². The Labute approximate surface area is 93.6 Å². The van der Waals surface area contributed by atoms with Gasteiger partial charge in [-0.15, -0.1) is 0 Å². The molecule has 15 heavy (non-hydrogen) atoms. The van der Waals surface area contributed by atoms with E-state index in [1.807, 2.05) is 0 Å². The van der Waals surface area contributed by atoms with E-state index in [1.54, 1.807) is 0 Å². The number of piperidine rings is 1. The maximum Gasteiger partial charge on any atom is 0.0119 e. The van der Waals surface area contributed by atoms with Crippen LogP contribution >= 0.6 is 0 Å². The Kier molecular flexibility index (Phi) is 4.00. The van der Waals surface area contributed by atoms with E-state index in [4.69, 9.17) is 5.73 Å². The molecule has 2 fully saturated rings. The van der Waals surface area contributed by atoms with Crippen molar-refractivity contribution in [2.24, 2.45) is 5.73 Å². The molecule has 3 nitrogen and oxygen atoms in total. The number of hydrogen-bond donors (Lipinski definition) is 1. The molecule has 0 bridgehead atoms. The van der Waals surface area contributed by atoms with Gasteiger partial charge in [-0.05, 0) is 45.8 Å². The number of rotatable bonds is 4. The minimum absolute atomic E-state index is 0.809. The Morgan fingerprint density at radius 1 is 1.13 bits per heavy atom. The number of nitrogens with zero attached hydrogens (tertiary/aromatic N) is 2. The first-order valence-corrected chi connectivity index (χ1v) is 6.45. The van der Waals surface area contributed by atoms with Crippen LogP contribution in [0.3, 0.4) is 0 Å². The molecule has 0 aromatic carbocycles. The Hall–Kier alpha value is -0.120. The molecule has 0 unspecified atom stereocenters. The standard InChI is InChI=1S/C12H25N3/c1-14(11-3-2-4-11)12-5-8-15(9-6-12)10-7-13/h11-12H,2-10,13H2,1H3. The van der Waals surface area contributed by atoms with Gasteiger partial charge < -0.3 is 15.5 Å². The highest BCUT2D eigenvalue weighted by molar-refractivity contribution is 4.85. The van der Waals surface area contributed by atoms with Crippen LogP contribution in [0.15, 0.2) is 0 Å². The summed E-state index contributed by atoms with van der Waals surface area (Å²) in [4.78, 5) is 5.15. The van der Waals surface area contributed by atoms with Gasteiger partial charge in [0, 0.05) is 25.2 Å². The van der Waals surface area contributed by atoms with Gasteiger partial charge in [0.15, 0.2) is 0 Å². The van der Waals surface area contributed by atoms with Gasteiger partial charge in [0.05, 0.1) is 0 Å². The van der Waals surface area contributed by atoms with Crippen molar-refractivity contribution in [3.63, 3.8) is 0 Å². The molecule has 1 saturated heterocycles. The van der Waals surface area contributed by atoms with Crippen molar-refractivity contribution in [2.45, 2.75) is 44.2 Å². The van der Waals surface area contributed by atoms with Crippen molar-refractivity contribution >= 4 is 0 Å². The first kappa shape index (κ1) is 11.4. The summed E-state index contributed by atoms with van der Waals surface area (Å²) in [6.07, 6.45) is 6.99. The van der Waals surface area contributed by atoms with Crippen LogP contribution in [0.4, 0.5) is 0 Å². The summed E-state index contributed by atoms with van der Waals surface area (Å²) < 4.78 is 0. The predicted molar refractivity (Wildman–Crippen MR) is 63.9 cm³/mol. The Balaban J connectivity index is 1.72. The lowest BCUT2D eigenvalue weighted by Crippen LogP contribution is -2.49. The average Bonchev–Trinajstić information content (AvgIpc) is 2.16. The van der Waals surface area contributed by atoms with E-state index in [0.717, 1.165) is 25.2 Å². The minimum Gasteiger partial charge on any atom is -0.329 e. The summed E-state index contributed by atoms with van der Waals surface area (Å²) in [7, 11) is 2.33. The number of hydrogen-bond acceptors (Lipinski definition) is 3. The van der Waals surface area contributed by atoms with E-state index in [9.17, 15) is 0 Å². The molecule has 1 saturated carbocycles. The molecule has 1 aliphatic carbocycles. The van der Waals surface area contributed by atoms with Crippen molar-refractivity contribution in [3.05, 3.63) is 0 Å². The van der Waals surface area contributed by atoms with Crippen LogP contribution < -0.4 is 5.73 Å². The molecule has 2 aliphatic rings. The van der Waals surface area contributed by atoms with E-state index >= 15 is 0 Å². The van der Waals surface area contributed by atoms with Crippen molar-refractivity contribution in [3.8, 4) is 0 Å². The first-order valence-electron chi connectivity index (χ1n) is 6.45. The second-order valence-corrected chi connectivity index (χ2v) is 5.11. The molecule has 0 spiro atoms. The molecule has 1 aliphatic heterocycles. The minimum atomic E-state index is 0.809. The van der Waals surface area contributed by atoms with E-state index < -0.39 is 0 Å². The van der Waals surface area contributed by atoms with Crippen LogP contribution in [0.1, 0.15) is 32.1 Å². The van der Waals surface area contributed by atoms with Gasteiger partial charge >= 0.3 is 0 Å². The highest BCUT2D eigenvalue weighted by atomic mass is 15.2. The maximum atomic E-state index is 5.58. The molecule has 3 heteroatoms. The number of likely N-dealkylation sites (tertiary alicyclic amines) is 1. The van der Waals surface area contributed by atoms with Gasteiger partial charge in [-0.3, -0.25) is 0 Å². The SMILES string of the molecule is CN(C1CCC1)C1CCN(CCN)CC1. The zero-order valence-corrected chi connectivity index (χ0v) is 9.99. The predicted octanol–water partition coefficient (Wildman–Crippen LogP) is 0.894. The van der Waals surface area contributed by atoms with Crippen LogP contribution in [0.5, 0.6) is 0 Å². The zero-order chi connectivity index (χ0) is 10.7. The van der Waals surface area contributed by atoms with Gasteiger partial charge in [-0.25, -0.2) is 0 Å². The lowest BCUT2D eigenvalue weighted by atomic mass is 9.89. The third kappa shape index (κ3) is 2.71. The van der Waals surface area contributed by atoms with Gasteiger partial charge in [0.1, 0.15) is 0 Å². The van der Waals surface area contributed by atoms with E-state index in [-0.39, 0.29) is 0 Å². The van der Waals surface area contributed by atoms with Crippen molar-refractivity contribution < 1.29 is 0 Å². The fourth-order valence-corrected chi connectivity index (χ4v) is 2.82. The molecular formula is C12H25N3. The molecule has 0 aromatic heterocycles. The van der Waals surface area contributed by atoms with E-state index in [2.05, 4.69) is 16.8 Å². The lowest BCUT2D eigenvalue weighted by Gasteiger charge is -2.43. The Morgan fingerprint density at radius 2 is 1.73 bits per heavy atom. The topological polar surface area (TPSA) is 32.5 Å². The Bertz CT molecular complexity index is 183. The molecule has 0 amide bonds. The molecule has 88 valence electrons. The highest BCUT2D eigenvalue weighted by Gasteiger charge is 2.29. The quantitative estimate of drug-likeness (QED) is 0.750.